The highest BCUT2D eigenvalue weighted by Gasteiger charge is 2.10. The van der Waals surface area contributed by atoms with E-state index in [-0.39, 0.29) is 11.6 Å². The summed E-state index contributed by atoms with van der Waals surface area (Å²) < 4.78 is 1.17. The monoisotopic (exact) mass is 415 g/mol. The number of nitrogens with zero attached hydrogens (tertiary/aromatic N) is 2. The number of hydrogen-bond donors (Lipinski definition) is 1. The maximum atomic E-state index is 12.2. The van der Waals surface area contributed by atoms with E-state index < -0.39 is 4.92 Å². The molecule has 30 heavy (non-hydrogen) atoms. The highest BCUT2D eigenvalue weighted by Crippen LogP contribution is 2.24. The van der Waals surface area contributed by atoms with Crippen LogP contribution in [0.3, 0.4) is 0 Å². The average Bonchev–Trinajstić information content (AvgIpc) is 3.16. The first-order valence-corrected chi connectivity index (χ1v) is 10.1. The lowest BCUT2D eigenvalue weighted by Gasteiger charge is -2.04. The molecule has 0 bridgehead atoms. The van der Waals surface area contributed by atoms with E-state index in [0.29, 0.717) is 11.3 Å². The number of nitrogens with one attached hydrogen (secondary N) is 1. The molecule has 1 heterocycles. The van der Waals surface area contributed by atoms with Gasteiger partial charge in [0.2, 0.25) is 5.91 Å². The van der Waals surface area contributed by atoms with Crippen LogP contribution in [0.5, 0.6) is 0 Å². The summed E-state index contributed by atoms with van der Waals surface area (Å²) in [5.41, 5.74) is 3.10. The van der Waals surface area contributed by atoms with Crippen LogP contribution in [0.4, 0.5) is 11.4 Å². The fourth-order valence-corrected chi connectivity index (χ4v) is 4.02. The molecular formula is C23H17N3O3S. The second-order valence-electron chi connectivity index (χ2n) is 6.59. The molecule has 1 amide bonds. The van der Waals surface area contributed by atoms with Crippen molar-refractivity contribution in [3.05, 3.63) is 105 Å². The van der Waals surface area contributed by atoms with Crippen molar-refractivity contribution in [2.45, 2.75) is 6.42 Å². The summed E-state index contributed by atoms with van der Waals surface area (Å²) >= 11 is 1.68. The molecule has 0 unspecified atom stereocenters. The van der Waals surface area contributed by atoms with Crippen molar-refractivity contribution in [3.63, 3.8) is 0 Å². The number of thiazole rings is 1. The Bertz CT molecular complexity index is 1210. The zero-order valence-electron chi connectivity index (χ0n) is 15.8. The van der Waals surface area contributed by atoms with Gasteiger partial charge in [-0.05, 0) is 42.0 Å². The van der Waals surface area contributed by atoms with Gasteiger partial charge < -0.3 is 5.32 Å². The van der Waals surface area contributed by atoms with Crippen LogP contribution in [-0.2, 0) is 11.2 Å². The Balaban J connectivity index is 1.39. The molecule has 0 atom stereocenters. The molecule has 0 aliphatic heterocycles. The van der Waals surface area contributed by atoms with Crippen molar-refractivity contribution < 1.29 is 9.72 Å². The smallest absolute Gasteiger partial charge is 0.276 e. The number of nitro groups is 1. The van der Waals surface area contributed by atoms with Gasteiger partial charge in [0.15, 0.2) is 0 Å². The average molecular weight is 415 g/mol. The molecule has 1 N–H and O–H groups in total. The minimum absolute atomic E-state index is 0.0410. The number of carbonyl (C=O) groups excluding carboxylic acids is 1. The molecule has 0 aliphatic carbocycles. The number of benzene rings is 3. The lowest BCUT2D eigenvalue weighted by atomic mass is 10.1. The third-order valence-corrected chi connectivity index (χ3v) is 5.50. The first kappa shape index (κ1) is 19.5. The number of rotatable bonds is 6. The molecule has 0 saturated heterocycles. The molecule has 6 nitrogen and oxygen atoms in total. The van der Waals surface area contributed by atoms with Gasteiger partial charge in [-0.25, -0.2) is 4.98 Å². The Labute approximate surface area is 176 Å². The molecule has 0 fully saturated rings. The summed E-state index contributed by atoms with van der Waals surface area (Å²) in [7, 11) is 0. The molecule has 148 valence electrons. The van der Waals surface area contributed by atoms with Gasteiger partial charge in [-0.2, -0.15) is 0 Å². The largest absolute Gasteiger partial charge is 0.323 e. The Kier molecular flexibility index (Phi) is 5.63. The van der Waals surface area contributed by atoms with Crippen LogP contribution in [0.25, 0.3) is 16.3 Å². The highest BCUT2D eigenvalue weighted by atomic mass is 32.1. The number of fused-ring (bicyclic) bond motifs is 1. The number of amides is 1. The summed E-state index contributed by atoms with van der Waals surface area (Å²) in [6.07, 6.45) is 3.46. The zero-order valence-corrected chi connectivity index (χ0v) is 16.6. The Hall–Kier alpha value is -3.84. The van der Waals surface area contributed by atoms with Crippen LogP contribution >= 0.6 is 11.3 Å². The van der Waals surface area contributed by atoms with Crippen LogP contribution < -0.4 is 5.32 Å². The van der Waals surface area contributed by atoms with Gasteiger partial charge in [0.05, 0.1) is 25.7 Å². The summed E-state index contributed by atoms with van der Waals surface area (Å²) in [4.78, 5) is 27.4. The van der Waals surface area contributed by atoms with Crippen molar-refractivity contribution >= 4 is 44.9 Å². The molecule has 0 aliphatic rings. The SMILES string of the molecule is O=C(/C=C/c1ccccc1[N+](=O)[O-])Nc1ccc(Cc2nc3ccccc3s2)cc1. The lowest BCUT2D eigenvalue weighted by Crippen LogP contribution is -2.07. The Morgan fingerprint density at radius 3 is 2.53 bits per heavy atom. The molecule has 7 heteroatoms. The van der Waals surface area contributed by atoms with E-state index in [0.717, 1.165) is 22.5 Å². The van der Waals surface area contributed by atoms with Crippen molar-refractivity contribution in [2.24, 2.45) is 0 Å². The van der Waals surface area contributed by atoms with Gasteiger partial charge in [0.25, 0.3) is 5.69 Å². The maximum Gasteiger partial charge on any atom is 0.276 e. The minimum atomic E-state index is -0.470. The van der Waals surface area contributed by atoms with Crippen LogP contribution in [-0.4, -0.2) is 15.8 Å². The molecular weight excluding hydrogens is 398 g/mol. The minimum Gasteiger partial charge on any atom is -0.323 e. The molecule has 0 spiro atoms. The standard InChI is InChI=1S/C23H17N3O3S/c27-22(14-11-17-5-1-3-7-20(17)26(28)29)24-18-12-9-16(10-13-18)15-23-25-19-6-2-4-8-21(19)30-23/h1-14H,15H2,(H,24,27)/b14-11+. The number of hydrogen-bond acceptors (Lipinski definition) is 5. The van der Waals surface area contributed by atoms with Crippen LogP contribution in [0.1, 0.15) is 16.1 Å². The maximum absolute atomic E-state index is 12.2. The van der Waals surface area contributed by atoms with Crippen LogP contribution in [0, 0.1) is 10.1 Å². The molecule has 4 rings (SSSR count). The van der Waals surface area contributed by atoms with Crippen LogP contribution in [0.15, 0.2) is 78.9 Å². The lowest BCUT2D eigenvalue weighted by molar-refractivity contribution is -0.385. The van der Waals surface area contributed by atoms with Crippen molar-refractivity contribution in [1.82, 2.24) is 4.98 Å². The van der Waals surface area contributed by atoms with Crippen molar-refractivity contribution in [1.29, 1.82) is 0 Å². The van der Waals surface area contributed by atoms with E-state index in [9.17, 15) is 14.9 Å². The number of aromatic nitrogens is 1. The van der Waals surface area contributed by atoms with E-state index in [1.807, 2.05) is 42.5 Å². The summed E-state index contributed by atoms with van der Waals surface area (Å²) in [5.74, 6) is -0.355. The highest BCUT2D eigenvalue weighted by molar-refractivity contribution is 7.18. The fourth-order valence-electron chi connectivity index (χ4n) is 3.02. The summed E-state index contributed by atoms with van der Waals surface area (Å²) in [5, 5.41) is 14.8. The quantitative estimate of drug-likeness (QED) is 0.258. The second-order valence-corrected chi connectivity index (χ2v) is 7.70. The summed E-state index contributed by atoms with van der Waals surface area (Å²) in [6.45, 7) is 0. The Morgan fingerprint density at radius 2 is 1.77 bits per heavy atom. The normalized spacial score (nSPS) is 11.1. The molecule has 0 radical (unpaired) electrons. The third kappa shape index (κ3) is 4.59. The predicted octanol–water partition coefficient (Wildman–Crippen LogP) is 5.45. The molecule has 4 aromatic rings. The Morgan fingerprint density at radius 1 is 1.03 bits per heavy atom. The van der Waals surface area contributed by atoms with E-state index in [4.69, 9.17) is 0 Å². The molecule has 0 saturated carbocycles. The van der Waals surface area contributed by atoms with E-state index in [1.54, 1.807) is 29.5 Å². The van der Waals surface area contributed by atoms with Crippen molar-refractivity contribution in [3.8, 4) is 0 Å². The van der Waals surface area contributed by atoms with Gasteiger partial charge in [-0.1, -0.05) is 36.4 Å². The van der Waals surface area contributed by atoms with E-state index in [1.165, 1.54) is 22.9 Å². The third-order valence-electron chi connectivity index (χ3n) is 4.46. The first-order valence-electron chi connectivity index (χ1n) is 9.24. The zero-order chi connectivity index (χ0) is 20.9. The number of nitro benzene ring substituents is 1. The topological polar surface area (TPSA) is 85.1 Å². The van der Waals surface area contributed by atoms with Gasteiger partial charge in [0.1, 0.15) is 0 Å². The number of carbonyl (C=O) groups is 1. The van der Waals surface area contributed by atoms with Gasteiger partial charge in [-0.3, -0.25) is 14.9 Å². The van der Waals surface area contributed by atoms with Gasteiger partial charge >= 0.3 is 0 Å². The van der Waals surface area contributed by atoms with E-state index in [2.05, 4.69) is 16.4 Å². The number of anilines is 1. The first-order chi connectivity index (χ1) is 14.6. The molecule has 1 aromatic heterocycles. The molecule has 3 aromatic carbocycles. The van der Waals surface area contributed by atoms with E-state index >= 15 is 0 Å². The second kappa shape index (κ2) is 8.67. The van der Waals surface area contributed by atoms with Gasteiger partial charge in [0, 0.05) is 24.3 Å². The van der Waals surface area contributed by atoms with Gasteiger partial charge in [-0.15, -0.1) is 11.3 Å². The van der Waals surface area contributed by atoms with Crippen LogP contribution in [0.2, 0.25) is 0 Å². The predicted molar refractivity (Wildman–Crippen MR) is 120 cm³/mol. The van der Waals surface area contributed by atoms with Crippen molar-refractivity contribution in [2.75, 3.05) is 5.32 Å². The number of para-hydroxylation sites is 2. The fraction of sp³-hybridized carbons (Fsp3) is 0.0435. The summed E-state index contributed by atoms with van der Waals surface area (Å²) in [6, 6.07) is 21.9.